The van der Waals surface area contributed by atoms with Crippen molar-refractivity contribution >= 4 is 5.78 Å². The molecule has 0 fully saturated rings. The van der Waals surface area contributed by atoms with Crippen LogP contribution in [-0.2, 0) is 12.1 Å². The molecule has 1 aromatic carbocycles. The maximum Gasteiger partial charge on any atom is 0.190 e. The number of aryl methyl sites for hydroxylation is 1. The first-order valence-electron chi connectivity index (χ1n) is 5.97. The molecular formula is C14H17N3O. The summed E-state index contributed by atoms with van der Waals surface area (Å²) in [7, 11) is 0. The number of hydrogen-bond donors (Lipinski definition) is 1. The predicted molar refractivity (Wildman–Crippen MR) is 70.2 cm³/mol. The zero-order chi connectivity index (χ0) is 13.2. The third-order valence-electron chi connectivity index (χ3n) is 3.06. The van der Waals surface area contributed by atoms with E-state index in [4.69, 9.17) is 5.73 Å². The first-order chi connectivity index (χ1) is 8.55. The average molecular weight is 243 g/mol. The molecule has 1 atom stereocenters. The maximum atomic E-state index is 12.4. The van der Waals surface area contributed by atoms with Gasteiger partial charge in [0.25, 0.3) is 0 Å². The molecule has 94 valence electrons. The molecule has 18 heavy (non-hydrogen) atoms. The summed E-state index contributed by atoms with van der Waals surface area (Å²) in [6.07, 6.45) is 3.30. The summed E-state index contributed by atoms with van der Waals surface area (Å²) in [5, 5.41) is 4.10. The van der Waals surface area contributed by atoms with Gasteiger partial charge in [-0.05, 0) is 19.4 Å². The van der Waals surface area contributed by atoms with Gasteiger partial charge in [0, 0.05) is 12.7 Å². The second-order valence-corrected chi connectivity index (χ2v) is 4.48. The van der Waals surface area contributed by atoms with Gasteiger partial charge in [-0.2, -0.15) is 5.10 Å². The van der Waals surface area contributed by atoms with Crippen LogP contribution in [0.3, 0.4) is 0 Å². The fraction of sp³-hybridized carbons (Fsp3) is 0.286. The molecule has 0 saturated heterocycles. The number of nitrogens with zero attached hydrogens (tertiary/aromatic N) is 2. The van der Waals surface area contributed by atoms with E-state index < -0.39 is 5.54 Å². The molecule has 0 bridgehead atoms. The number of hydrogen-bond acceptors (Lipinski definition) is 3. The lowest BCUT2D eigenvalue weighted by Crippen LogP contribution is -2.41. The summed E-state index contributed by atoms with van der Waals surface area (Å²) in [6.45, 7) is 4.44. The zero-order valence-electron chi connectivity index (χ0n) is 10.6. The summed E-state index contributed by atoms with van der Waals surface area (Å²) in [5.41, 5.74) is 6.50. The third-order valence-corrected chi connectivity index (χ3v) is 3.06. The molecule has 1 unspecified atom stereocenters. The summed E-state index contributed by atoms with van der Waals surface area (Å²) in [5.74, 6) is -0.117. The number of benzene rings is 1. The van der Waals surface area contributed by atoms with Crippen LogP contribution in [0.2, 0.25) is 0 Å². The van der Waals surface area contributed by atoms with Crippen LogP contribution >= 0.6 is 0 Å². The normalized spacial score (nSPS) is 14.2. The van der Waals surface area contributed by atoms with Gasteiger partial charge in [-0.15, -0.1) is 0 Å². The monoisotopic (exact) mass is 243 g/mol. The Labute approximate surface area is 106 Å². The number of ketones is 1. The molecule has 0 amide bonds. The second-order valence-electron chi connectivity index (χ2n) is 4.48. The number of nitrogens with two attached hydrogens (primary N) is 1. The molecule has 2 rings (SSSR count). The quantitative estimate of drug-likeness (QED) is 0.835. The van der Waals surface area contributed by atoms with Crippen LogP contribution in [0.4, 0.5) is 0 Å². The van der Waals surface area contributed by atoms with Crippen LogP contribution in [0.5, 0.6) is 0 Å². The van der Waals surface area contributed by atoms with Crippen LogP contribution < -0.4 is 5.73 Å². The Morgan fingerprint density at radius 1 is 1.39 bits per heavy atom. The lowest BCUT2D eigenvalue weighted by atomic mass is 9.86. The van der Waals surface area contributed by atoms with E-state index in [0.717, 1.165) is 12.1 Å². The molecule has 0 spiro atoms. The van der Waals surface area contributed by atoms with Crippen molar-refractivity contribution in [2.24, 2.45) is 5.73 Å². The smallest absolute Gasteiger partial charge is 0.190 e. The topological polar surface area (TPSA) is 60.9 Å². The summed E-state index contributed by atoms with van der Waals surface area (Å²) in [4.78, 5) is 12.4. The van der Waals surface area contributed by atoms with Crippen molar-refractivity contribution in [3.8, 4) is 0 Å². The van der Waals surface area contributed by atoms with E-state index in [2.05, 4.69) is 5.10 Å². The van der Waals surface area contributed by atoms with Crippen LogP contribution in [-0.4, -0.2) is 15.6 Å². The van der Waals surface area contributed by atoms with Crippen molar-refractivity contribution in [3.63, 3.8) is 0 Å². The molecular weight excluding hydrogens is 226 g/mol. The Morgan fingerprint density at radius 2 is 2.06 bits per heavy atom. The molecule has 0 aliphatic heterocycles. The number of Topliss-reactive ketones (excluding diaryl/α,β-unsaturated/α-hetero) is 1. The van der Waals surface area contributed by atoms with E-state index in [1.165, 1.54) is 0 Å². The van der Waals surface area contributed by atoms with Crippen LogP contribution in [0.25, 0.3) is 0 Å². The van der Waals surface area contributed by atoms with Crippen molar-refractivity contribution in [1.29, 1.82) is 0 Å². The van der Waals surface area contributed by atoms with Crippen LogP contribution in [0.1, 0.15) is 29.8 Å². The van der Waals surface area contributed by atoms with Crippen LogP contribution in [0, 0.1) is 0 Å². The minimum Gasteiger partial charge on any atom is -0.315 e. The Bertz CT molecular complexity index is 543. The van der Waals surface area contributed by atoms with Crippen molar-refractivity contribution in [1.82, 2.24) is 9.78 Å². The van der Waals surface area contributed by atoms with Gasteiger partial charge in [0.2, 0.25) is 0 Å². The van der Waals surface area contributed by atoms with E-state index in [9.17, 15) is 4.79 Å². The summed E-state index contributed by atoms with van der Waals surface area (Å²) < 4.78 is 1.72. The molecule has 4 heteroatoms. The first-order valence-corrected chi connectivity index (χ1v) is 5.97. The van der Waals surface area contributed by atoms with Gasteiger partial charge in [0.1, 0.15) is 5.54 Å². The van der Waals surface area contributed by atoms with E-state index in [0.29, 0.717) is 5.56 Å². The van der Waals surface area contributed by atoms with Crippen LogP contribution in [0.15, 0.2) is 42.7 Å². The highest BCUT2D eigenvalue weighted by Crippen LogP contribution is 2.22. The largest absolute Gasteiger partial charge is 0.315 e. The molecule has 1 aromatic heterocycles. The number of carbonyl (C=O) groups is 1. The van der Waals surface area contributed by atoms with Gasteiger partial charge >= 0.3 is 0 Å². The maximum absolute atomic E-state index is 12.4. The summed E-state index contributed by atoms with van der Waals surface area (Å²) >= 11 is 0. The van der Waals surface area contributed by atoms with Gasteiger partial charge in [-0.3, -0.25) is 9.48 Å². The molecule has 0 aliphatic rings. The minimum absolute atomic E-state index is 0.117. The highest BCUT2D eigenvalue weighted by Gasteiger charge is 2.31. The lowest BCUT2D eigenvalue weighted by Gasteiger charge is -2.22. The number of rotatable bonds is 4. The standard InChI is InChI=1S/C14H17N3O/c1-3-17-10-11(9-16-17)13(18)14(2,15)12-7-5-4-6-8-12/h4-10H,3,15H2,1-2H3. The van der Waals surface area contributed by atoms with Gasteiger partial charge in [0.05, 0.1) is 11.8 Å². The average Bonchev–Trinajstić information content (AvgIpc) is 2.87. The Balaban J connectivity index is 2.33. The fourth-order valence-corrected chi connectivity index (χ4v) is 1.87. The Kier molecular flexibility index (Phi) is 3.30. The molecule has 0 saturated carbocycles. The zero-order valence-corrected chi connectivity index (χ0v) is 10.6. The highest BCUT2D eigenvalue weighted by atomic mass is 16.1. The summed E-state index contributed by atoms with van der Waals surface area (Å²) in [6, 6.07) is 9.38. The third kappa shape index (κ3) is 2.19. The van der Waals surface area contributed by atoms with Gasteiger partial charge in [0.15, 0.2) is 5.78 Å². The van der Waals surface area contributed by atoms with Gasteiger partial charge in [-0.25, -0.2) is 0 Å². The van der Waals surface area contributed by atoms with E-state index >= 15 is 0 Å². The van der Waals surface area contributed by atoms with Crippen molar-refractivity contribution in [2.45, 2.75) is 25.9 Å². The number of aromatic nitrogens is 2. The Hall–Kier alpha value is -1.94. The van der Waals surface area contributed by atoms with E-state index in [1.807, 2.05) is 37.3 Å². The lowest BCUT2D eigenvalue weighted by molar-refractivity contribution is 0.0900. The van der Waals surface area contributed by atoms with Crippen molar-refractivity contribution < 1.29 is 4.79 Å². The van der Waals surface area contributed by atoms with Gasteiger partial charge in [-0.1, -0.05) is 30.3 Å². The molecule has 1 heterocycles. The van der Waals surface area contributed by atoms with Crippen molar-refractivity contribution in [3.05, 3.63) is 53.9 Å². The first kappa shape index (κ1) is 12.5. The molecule has 4 nitrogen and oxygen atoms in total. The molecule has 2 N–H and O–H groups in total. The minimum atomic E-state index is -1.02. The Morgan fingerprint density at radius 3 is 2.61 bits per heavy atom. The SMILES string of the molecule is CCn1cc(C(=O)C(C)(N)c2ccccc2)cn1. The predicted octanol–water partition coefficient (Wildman–Crippen LogP) is 1.96. The van der Waals surface area contributed by atoms with E-state index in [1.54, 1.807) is 24.0 Å². The fourth-order valence-electron chi connectivity index (χ4n) is 1.87. The molecule has 2 aromatic rings. The number of carbonyl (C=O) groups excluding carboxylic acids is 1. The van der Waals surface area contributed by atoms with E-state index in [-0.39, 0.29) is 5.78 Å². The second kappa shape index (κ2) is 4.74. The van der Waals surface area contributed by atoms with Crippen molar-refractivity contribution in [2.75, 3.05) is 0 Å². The van der Waals surface area contributed by atoms with Gasteiger partial charge < -0.3 is 5.73 Å². The highest BCUT2D eigenvalue weighted by molar-refractivity contribution is 6.03. The molecule has 0 radical (unpaired) electrons. The molecule has 0 aliphatic carbocycles.